The summed E-state index contributed by atoms with van der Waals surface area (Å²) in [6, 6.07) is 0.842. The third-order valence-corrected chi connectivity index (χ3v) is 11.3. The zero-order chi connectivity index (χ0) is 51.0. The Balaban J connectivity index is 1.91. The molecular weight excluding hydrogens is 931 g/mol. The van der Waals surface area contributed by atoms with Crippen molar-refractivity contribution in [1.82, 2.24) is 40.6 Å². The molecule has 0 radical (unpaired) electrons. The van der Waals surface area contributed by atoms with Crippen molar-refractivity contribution in [3.8, 4) is 0 Å². The summed E-state index contributed by atoms with van der Waals surface area (Å²) in [5.41, 5.74) is 0.729. The van der Waals surface area contributed by atoms with E-state index < -0.39 is 118 Å². The number of nitrogens with one attached hydrogen (secondary N) is 4. The van der Waals surface area contributed by atoms with E-state index in [9.17, 15) is 82.9 Å². The van der Waals surface area contributed by atoms with Crippen molar-refractivity contribution in [3.63, 3.8) is 0 Å². The molecule has 1 heterocycles. The third kappa shape index (κ3) is 24.6. The zero-order valence-corrected chi connectivity index (χ0v) is 37.8. The van der Waals surface area contributed by atoms with Crippen LogP contribution in [-0.4, -0.2) is 230 Å². The van der Waals surface area contributed by atoms with E-state index in [0.717, 1.165) is 0 Å². The van der Waals surface area contributed by atoms with Gasteiger partial charge < -0.3 is 56.6 Å². The lowest BCUT2D eigenvalue weighted by molar-refractivity contribution is -0.143. The van der Waals surface area contributed by atoms with Crippen LogP contribution in [0.3, 0.4) is 0 Å². The summed E-state index contributed by atoms with van der Waals surface area (Å²) in [6.07, 6.45) is -2.60. The number of carbonyl (C=O) groups is 10. The van der Waals surface area contributed by atoms with Gasteiger partial charge >= 0.3 is 49.5 Å². The largest absolute Gasteiger partial charge is 0.481 e. The molecule has 28 nitrogen and oxygen atoms in total. The first-order valence-corrected chi connectivity index (χ1v) is 22.7. The van der Waals surface area contributed by atoms with Gasteiger partial charge in [0.25, 0.3) is 5.91 Å². The highest BCUT2D eigenvalue weighted by Gasteiger charge is 2.31. The van der Waals surface area contributed by atoms with E-state index in [2.05, 4.69) is 16.0 Å². The van der Waals surface area contributed by atoms with E-state index >= 15 is 0 Å². The number of carboxylic acid groups (broad SMARTS) is 7. The molecule has 380 valence electrons. The maximum atomic E-state index is 13.0. The fourth-order valence-electron chi connectivity index (χ4n) is 6.55. The van der Waals surface area contributed by atoms with Gasteiger partial charge in [0.2, 0.25) is 11.8 Å². The molecule has 0 aromatic heterocycles. The quantitative estimate of drug-likeness (QED) is 0.0351. The van der Waals surface area contributed by atoms with Crippen molar-refractivity contribution in [2.24, 2.45) is 0 Å². The molecule has 0 saturated carbocycles. The lowest BCUT2D eigenvalue weighted by Crippen LogP contribution is -2.49. The highest BCUT2D eigenvalue weighted by atomic mass is 31.2. The van der Waals surface area contributed by atoms with Crippen LogP contribution in [0, 0.1) is 0 Å². The van der Waals surface area contributed by atoms with Gasteiger partial charge in [0.05, 0.1) is 32.8 Å². The average molecular weight is 991 g/mol. The van der Waals surface area contributed by atoms with Crippen molar-refractivity contribution >= 4 is 67.3 Å². The molecule has 0 aliphatic carbocycles. The zero-order valence-electron chi connectivity index (χ0n) is 36.9. The maximum absolute atomic E-state index is 13.0. The molecule has 68 heavy (non-hydrogen) atoms. The molecule has 1 aromatic rings. The number of hydrogen-bond acceptors (Lipinski definition) is 16. The molecule has 29 heteroatoms. The summed E-state index contributed by atoms with van der Waals surface area (Å²) in [6.45, 7) is 0.176. The van der Waals surface area contributed by atoms with Crippen LogP contribution in [0.5, 0.6) is 0 Å². The van der Waals surface area contributed by atoms with Crippen LogP contribution in [0.1, 0.15) is 48.0 Å². The molecule has 0 bridgehead atoms. The van der Waals surface area contributed by atoms with Crippen LogP contribution < -0.4 is 21.0 Å². The Morgan fingerprint density at radius 1 is 0.544 bits per heavy atom. The first-order valence-electron chi connectivity index (χ1n) is 21.1. The van der Waals surface area contributed by atoms with Gasteiger partial charge in [0.15, 0.2) is 0 Å². The standard InChI is InChI=1S/C39H59N8O20P/c48-30(41-28(38(61)62)10-20-67-68(65,66)43-29(39(63)64)6-8-32(50)51)7-5-27(37(59)60)42-36(58)26-3-1-25(2-4-26)9-11-40-31(49)21-44-12-14-45(22-33(52)53)16-18-47(24-35(56)57)19-17-46(15-13-44)23-34(54)55/h1-4,27-29H,5-24H2,(H,40,49)(H,41,48)(H,42,58)(H,50,51)(H,52,53)(H,54,55)(H,56,57)(H,59,60)(H,61,62)(H,63,64)(H2,43,65,66)/t27-,28+,29+/m1/s1. The second-order valence-corrected chi connectivity index (χ2v) is 17.1. The first-order chi connectivity index (χ1) is 31.9. The normalized spacial score (nSPS) is 16.8. The SMILES string of the molecule is O=C(O)CC[C@H](NP(=O)(O)OCC[C@H](NC(=O)CC[C@@H](NC(=O)c1ccc(CCNC(=O)CN2CCN(CC(=O)O)CCN(CC(=O)O)CCN(CC(=O)O)CC2)cc1)C(=O)O)C(=O)O)C(=O)O. The third-order valence-electron chi connectivity index (χ3n) is 10.2. The Hall–Kier alpha value is -6.13. The molecule has 12 N–H and O–H groups in total. The Labute approximate surface area is 388 Å². The topological polar surface area (TPSA) is 420 Å². The van der Waals surface area contributed by atoms with E-state index in [1.54, 1.807) is 36.8 Å². The second kappa shape index (κ2) is 29.6. The van der Waals surface area contributed by atoms with Gasteiger partial charge in [-0.15, -0.1) is 0 Å². The smallest absolute Gasteiger partial charge is 0.403 e. The molecule has 1 saturated heterocycles. The highest BCUT2D eigenvalue weighted by Crippen LogP contribution is 2.38. The van der Waals surface area contributed by atoms with Gasteiger partial charge in [-0.25, -0.2) is 19.2 Å². The minimum atomic E-state index is -4.88. The summed E-state index contributed by atoms with van der Waals surface area (Å²) >= 11 is 0. The van der Waals surface area contributed by atoms with E-state index in [1.807, 2.05) is 0 Å². The number of carboxylic acids is 7. The van der Waals surface area contributed by atoms with Crippen LogP contribution in [0.2, 0.25) is 0 Å². The molecule has 1 aliphatic heterocycles. The summed E-state index contributed by atoms with van der Waals surface area (Å²) in [5.74, 6) is -11.5. The van der Waals surface area contributed by atoms with Gasteiger partial charge in [-0.05, 0) is 37.0 Å². The van der Waals surface area contributed by atoms with Crippen LogP contribution >= 0.6 is 7.75 Å². The number of amides is 3. The fourth-order valence-corrected chi connectivity index (χ4v) is 7.61. The molecule has 3 amide bonds. The second-order valence-electron chi connectivity index (χ2n) is 15.5. The first kappa shape index (κ1) is 58.0. The van der Waals surface area contributed by atoms with Crippen molar-refractivity contribution in [1.29, 1.82) is 0 Å². The highest BCUT2D eigenvalue weighted by molar-refractivity contribution is 7.50. The lowest BCUT2D eigenvalue weighted by atomic mass is 10.1. The number of aliphatic carboxylic acids is 7. The summed E-state index contributed by atoms with van der Waals surface area (Å²) in [5, 5.41) is 74.3. The molecule has 1 aliphatic rings. The Morgan fingerprint density at radius 2 is 0.971 bits per heavy atom. The van der Waals surface area contributed by atoms with Crippen molar-refractivity contribution in [2.45, 2.75) is 56.7 Å². The van der Waals surface area contributed by atoms with E-state index in [-0.39, 0.29) is 96.6 Å². The van der Waals surface area contributed by atoms with Gasteiger partial charge in [0.1, 0.15) is 18.1 Å². The number of nitrogens with zero attached hydrogens (tertiary/aromatic N) is 4. The average Bonchev–Trinajstić information content (AvgIpc) is 3.23. The van der Waals surface area contributed by atoms with E-state index in [1.165, 1.54) is 12.1 Å². The fraction of sp³-hybridized carbons (Fsp3) is 0.590. The van der Waals surface area contributed by atoms with E-state index in [0.29, 0.717) is 12.0 Å². The van der Waals surface area contributed by atoms with Gasteiger partial charge in [0, 0.05) is 83.7 Å². The summed E-state index contributed by atoms with van der Waals surface area (Å²) in [7, 11) is -4.88. The number of carbonyl (C=O) groups excluding carboxylic acids is 3. The van der Waals surface area contributed by atoms with Crippen LogP contribution in [0.25, 0.3) is 0 Å². The molecule has 0 spiro atoms. The Bertz CT molecular complexity index is 1940. The van der Waals surface area contributed by atoms with Crippen molar-refractivity contribution in [2.75, 3.05) is 91.7 Å². The van der Waals surface area contributed by atoms with Crippen LogP contribution in [0.4, 0.5) is 0 Å². The van der Waals surface area contributed by atoms with Crippen LogP contribution in [0.15, 0.2) is 24.3 Å². The summed E-state index contributed by atoms with van der Waals surface area (Å²) in [4.78, 5) is 135. The molecule has 2 rings (SSSR count). The molecule has 1 unspecified atom stereocenters. The maximum Gasteiger partial charge on any atom is 0.403 e. The predicted octanol–water partition coefficient (Wildman–Crippen LogP) is -3.23. The lowest BCUT2D eigenvalue weighted by Gasteiger charge is -2.32. The minimum absolute atomic E-state index is 0.0467. The monoisotopic (exact) mass is 990 g/mol. The van der Waals surface area contributed by atoms with Gasteiger partial charge in [-0.2, -0.15) is 0 Å². The predicted molar refractivity (Wildman–Crippen MR) is 231 cm³/mol. The van der Waals surface area contributed by atoms with E-state index in [4.69, 9.17) is 14.7 Å². The number of rotatable bonds is 29. The van der Waals surface area contributed by atoms with Gasteiger partial charge in [-0.1, -0.05) is 12.1 Å². The molecule has 1 aromatic carbocycles. The number of benzene rings is 1. The van der Waals surface area contributed by atoms with Crippen molar-refractivity contribution < 1.29 is 97.7 Å². The van der Waals surface area contributed by atoms with Crippen LogP contribution in [-0.2, 0) is 58.7 Å². The Kier molecular flexibility index (Phi) is 25.2. The molecule has 1 fully saturated rings. The molecule has 4 atom stereocenters. The van der Waals surface area contributed by atoms with Crippen molar-refractivity contribution in [3.05, 3.63) is 35.4 Å². The Morgan fingerprint density at radius 3 is 1.40 bits per heavy atom. The van der Waals surface area contributed by atoms with Gasteiger partial charge in [-0.3, -0.25) is 62.5 Å². The molecular formula is C39H59N8O20P. The number of hydrogen-bond donors (Lipinski definition) is 12. The minimum Gasteiger partial charge on any atom is -0.481 e. The summed E-state index contributed by atoms with van der Waals surface area (Å²) < 4.78 is 17.0.